The van der Waals surface area contributed by atoms with Crippen molar-refractivity contribution in [1.82, 2.24) is 4.31 Å². The van der Waals surface area contributed by atoms with Crippen molar-refractivity contribution in [3.8, 4) is 6.07 Å². The third-order valence-electron chi connectivity index (χ3n) is 5.24. The summed E-state index contributed by atoms with van der Waals surface area (Å²) in [5, 5.41) is 22.3. The highest BCUT2D eigenvalue weighted by molar-refractivity contribution is 7.89. The highest BCUT2D eigenvalue weighted by atomic mass is 32.2. The summed E-state index contributed by atoms with van der Waals surface area (Å²) >= 11 is 0. The second kappa shape index (κ2) is 10.9. The number of amides is 1. The van der Waals surface area contributed by atoms with Crippen LogP contribution in [0.1, 0.15) is 41.6 Å². The number of ether oxygens (including phenoxy) is 1. The van der Waals surface area contributed by atoms with Gasteiger partial charge in [-0.1, -0.05) is 12.8 Å². The van der Waals surface area contributed by atoms with E-state index in [0.717, 1.165) is 37.8 Å². The molecule has 1 N–H and O–H groups in total. The number of benzene rings is 2. The molecule has 1 fully saturated rings. The number of esters is 1. The SMILES string of the molecule is N#Cc1cc([N+](=O)[O-])ccc1NC(=O)COC(=O)c1ccc(S(=O)(=O)N2CCCCCC2)cc1. The first-order valence-corrected chi connectivity index (χ1v) is 11.9. The summed E-state index contributed by atoms with van der Waals surface area (Å²) in [7, 11) is -3.65. The molecule has 1 aliphatic rings. The van der Waals surface area contributed by atoms with Crippen molar-refractivity contribution in [2.24, 2.45) is 0 Å². The van der Waals surface area contributed by atoms with Crippen molar-refractivity contribution >= 4 is 33.3 Å². The molecule has 1 heterocycles. The van der Waals surface area contributed by atoms with Gasteiger partial charge in [0, 0.05) is 25.2 Å². The van der Waals surface area contributed by atoms with E-state index in [1.807, 2.05) is 0 Å². The molecule has 3 rings (SSSR count). The molecule has 0 unspecified atom stereocenters. The lowest BCUT2D eigenvalue weighted by Crippen LogP contribution is -2.31. The highest BCUT2D eigenvalue weighted by Gasteiger charge is 2.25. The van der Waals surface area contributed by atoms with Crippen molar-refractivity contribution in [3.63, 3.8) is 0 Å². The zero-order valence-electron chi connectivity index (χ0n) is 18.1. The van der Waals surface area contributed by atoms with E-state index in [0.29, 0.717) is 13.1 Å². The van der Waals surface area contributed by atoms with Crippen molar-refractivity contribution in [2.75, 3.05) is 25.0 Å². The fraction of sp³-hybridized carbons (Fsp3) is 0.318. The molecule has 1 saturated heterocycles. The van der Waals surface area contributed by atoms with Gasteiger partial charge < -0.3 is 10.1 Å². The Balaban J connectivity index is 1.59. The molecule has 2 aromatic carbocycles. The van der Waals surface area contributed by atoms with Gasteiger partial charge in [0.2, 0.25) is 10.0 Å². The van der Waals surface area contributed by atoms with Crippen LogP contribution >= 0.6 is 0 Å². The predicted octanol–water partition coefficient (Wildman–Crippen LogP) is 2.83. The molecule has 178 valence electrons. The first-order chi connectivity index (χ1) is 16.2. The minimum atomic E-state index is -3.65. The van der Waals surface area contributed by atoms with Crippen LogP contribution in [0.3, 0.4) is 0 Å². The van der Waals surface area contributed by atoms with Gasteiger partial charge in [-0.05, 0) is 43.2 Å². The van der Waals surface area contributed by atoms with E-state index >= 15 is 0 Å². The fourth-order valence-electron chi connectivity index (χ4n) is 3.44. The van der Waals surface area contributed by atoms with Crippen molar-refractivity contribution in [1.29, 1.82) is 5.26 Å². The van der Waals surface area contributed by atoms with Crippen LogP contribution in [0, 0.1) is 21.4 Å². The molecule has 0 bridgehead atoms. The topological polar surface area (TPSA) is 160 Å². The number of nitrogens with zero attached hydrogens (tertiary/aromatic N) is 3. The molecule has 0 atom stereocenters. The smallest absolute Gasteiger partial charge is 0.338 e. The number of hydrogen-bond donors (Lipinski definition) is 1. The normalized spacial score (nSPS) is 14.4. The lowest BCUT2D eigenvalue weighted by atomic mass is 10.1. The Morgan fingerprint density at radius 3 is 2.32 bits per heavy atom. The molecule has 1 aliphatic heterocycles. The summed E-state index contributed by atoms with van der Waals surface area (Å²) < 4.78 is 32.0. The largest absolute Gasteiger partial charge is 0.452 e. The summed E-state index contributed by atoms with van der Waals surface area (Å²) in [4.78, 5) is 34.6. The molecule has 12 heteroatoms. The summed E-state index contributed by atoms with van der Waals surface area (Å²) in [6.07, 6.45) is 3.60. The quantitative estimate of drug-likeness (QED) is 0.355. The molecule has 11 nitrogen and oxygen atoms in total. The third-order valence-corrected chi connectivity index (χ3v) is 7.15. The third kappa shape index (κ3) is 5.94. The van der Waals surface area contributed by atoms with Gasteiger partial charge in [0.25, 0.3) is 11.6 Å². The summed E-state index contributed by atoms with van der Waals surface area (Å²) in [6.45, 7) is 0.252. The van der Waals surface area contributed by atoms with Crippen LogP contribution in [0.4, 0.5) is 11.4 Å². The van der Waals surface area contributed by atoms with Gasteiger partial charge in [-0.3, -0.25) is 14.9 Å². The Kier molecular flexibility index (Phi) is 7.93. The number of carbonyl (C=O) groups excluding carboxylic acids is 2. The fourth-order valence-corrected chi connectivity index (χ4v) is 4.96. The number of nitro benzene ring substituents is 1. The molecule has 1 amide bonds. The van der Waals surface area contributed by atoms with E-state index in [1.165, 1.54) is 34.6 Å². The Hall–Kier alpha value is -3.82. The van der Waals surface area contributed by atoms with Crippen LogP contribution < -0.4 is 5.32 Å². The molecular formula is C22H22N4O7S. The Bertz CT molecular complexity index is 1230. The lowest BCUT2D eigenvalue weighted by Gasteiger charge is -2.20. The zero-order chi connectivity index (χ0) is 24.7. The van der Waals surface area contributed by atoms with Crippen LogP contribution in [-0.2, 0) is 19.6 Å². The molecule has 0 spiro atoms. The lowest BCUT2D eigenvalue weighted by molar-refractivity contribution is -0.384. The monoisotopic (exact) mass is 486 g/mol. The molecule has 0 saturated carbocycles. The Labute approximate surface area is 196 Å². The number of hydrogen-bond acceptors (Lipinski definition) is 8. The van der Waals surface area contributed by atoms with Crippen molar-refractivity contribution in [3.05, 3.63) is 63.7 Å². The average Bonchev–Trinajstić information content (AvgIpc) is 3.13. The number of anilines is 1. The number of sulfonamides is 1. The van der Waals surface area contributed by atoms with E-state index in [4.69, 9.17) is 10.00 Å². The average molecular weight is 487 g/mol. The molecular weight excluding hydrogens is 464 g/mol. The van der Waals surface area contributed by atoms with Crippen molar-refractivity contribution in [2.45, 2.75) is 30.6 Å². The van der Waals surface area contributed by atoms with Gasteiger partial charge in [-0.15, -0.1) is 0 Å². The number of nitro groups is 1. The number of nitriles is 1. The van der Waals surface area contributed by atoms with E-state index in [9.17, 15) is 28.1 Å². The van der Waals surface area contributed by atoms with Gasteiger partial charge >= 0.3 is 5.97 Å². The number of non-ortho nitro benzene ring substituents is 1. The van der Waals surface area contributed by atoms with Crippen LogP contribution in [0.5, 0.6) is 0 Å². The minimum Gasteiger partial charge on any atom is -0.452 e. The van der Waals surface area contributed by atoms with Gasteiger partial charge in [0.1, 0.15) is 6.07 Å². The van der Waals surface area contributed by atoms with E-state index in [-0.39, 0.29) is 27.4 Å². The maximum Gasteiger partial charge on any atom is 0.338 e. The maximum absolute atomic E-state index is 12.8. The molecule has 34 heavy (non-hydrogen) atoms. The Morgan fingerprint density at radius 1 is 1.09 bits per heavy atom. The van der Waals surface area contributed by atoms with Crippen LogP contribution in [0.2, 0.25) is 0 Å². The number of rotatable bonds is 7. The van der Waals surface area contributed by atoms with Crippen LogP contribution in [0.25, 0.3) is 0 Å². The first kappa shape index (κ1) is 24.8. The summed E-state index contributed by atoms with van der Waals surface area (Å²) in [5.41, 5.74) is -0.315. The summed E-state index contributed by atoms with van der Waals surface area (Å²) in [5.74, 6) is -1.59. The first-order valence-electron chi connectivity index (χ1n) is 10.5. The maximum atomic E-state index is 12.8. The van der Waals surface area contributed by atoms with E-state index in [1.54, 1.807) is 6.07 Å². The van der Waals surface area contributed by atoms with Gasteiger partial charge in [0.05, 0.1) is 26.6 Å². The standard InChI is InChI=1S/C22H22N4O7S/c23-14-17-13-18(26(29)30)7-10-20(17)24-21(27)15-33-22(28)16-5-8-19(9-6-16)34(31,32)25-11-3-1-2-4-12-25/h5-10,13H,1-4,11-12,15H2,(H,24,27). The van der Waals surface area contributed by atoms with Crippen LogP contribution in [-0.4, -0.2) is 49.2 Å². The van der Waals surface area contributed by atoms with E-state index < -0.39 is 33.4 Å². The highest BCUT2D eigenvalue weighted by Crippen LogP contribution is 2.22. The number of carbonyl (C=O) groups is 2. The summed E-state index contributed by atoms with van der Waals surface area (Å²) in [6, 6.07) is 10.4. The van der Waals surface area contributed by atoms with Crippen molar-refractivity contribution < 1.29 is 27.7 Å². The molecule has 0 radical (unpaired) electrons. The zero-order valence-corrected chi connectivity index (χ0v) is 18.9. The molecule has 0 aliphatic carbocycles. The van der Waals surface area contributed by atoms with Gasteiger partial charge in [0.15, 0.2) is 6.61 Å². The Morgan fingerprint density at radius 2 is 1.74 bits per heavy atom. The van der Waals surface area contributed by atoms with Gasteiger partial charge in [-0.2, -0.15) is 9.57 Å². The molecule has 2 aromatic rings. The minimum absolute atomic E-state index is 0.0391. The molecule has 0 aromatic heterocycles. The number of nitrogens with one attached hydrogen (secondary N) is 1. The van der Waals surface area contributed by atoms with Gasteiger partial charge in [-0.25, -0.2) is 13.2 Å². The second-order valence-electron chi connectivity index (χ2n) is 7.57. The predicted molar refractivity (Wildman–Crippen MR) is 120 cm³/mol. The van der Waals surface area contributed by atoms with E-state index in [2.05, 4.69) is 5.32 Å². The second-order valence-corrected chi connectivity index (χ2v) is 9.50. The van der Waals surface area contributed by atoms with Crippen LogP contribution in [0.15, 0.2) is 47.4 Å².